The highest BCUT2D eigenvalue weighted by atomic mass is 19.3. The first-order valence-corrected chi connectivity index (χ1v) is 5.10. The Bertz CT molecular complexity index is 306. The van der Waals surface area contributed by atoms with Crippen molar-refractivity contribution >= 4 is 0 Å². The van der Waals surface area contributed by atoms with Crippen LogP contribution in [0.25, 0.3) is 0 Å². The fourth-order valence-electron chi connectivity index (χ4n) is 1.38. The molecule has 0 amide bonds. The first-order valence-electron chi connectivity index (χ1n) is 5.10. The van der Waals surface area contributed by atoms with E-state index >= 15 is 0 Å². The first kappa shape index (κ1) is 12.1. The van der Waals surface area contributed by atoms with Crippen LogP contribution in [-0.4, -0.2) is 11.7 Å². The van der Waals surface area contributed by atoms with Crippen molar-refractivity contribution in [2.24, 2.45) is 0 Å². The van der Waals surface area contributed by atoms with Gasteiger partial charge in [-0.25, -0.2) is 0 Å². The van der Waals surface area contributed by atoms with Crippen LogP contribution in [0.4, 0.5) is 8.78 Å². The third-order valence-corrected chi connectivity index (χ3v) is 2.71. The predicted octanol–water partition coefficient (Wildman–Crippen LogP) is 3.28. The van der Waals surface area contributed by atoms with Gasteiger partial charge in [0.25, 0.3) is 5.92 Å². The van der Waals surface area contributed by atoms with E-state index in [1.165, 1.54) is 12.1 Å². The molecule has 0 aromatic heterocycles. The molecular weight excluding hydrogens is 198 g/mol. The number of halogens is 2. The first-order chi connectivity index (χ1) is 7.01. The highest BCUT2D eigenvalue weighted by molar-refractivity contribution is 5.27. The molecule has 1 unspecified atom stereocenters. The van der Waals surface area contributed by atoms with E-state index in [1.54, 1.807) is 12.1 Å². The van der Waals surface area contributed by atoms with E-state index in [9.17, 15) is 8.78 Å². The quantitative estimate of drug-likeness (QED) is 0.815. The van der Waals surface area contributed by atoms with Crippen LogP contribution >= 0.6 is 0 Å². The average molecular weight is 214 g/mol. The van der Waals surface area contributed by atoms with Crippen molar-refractivity contribution in [3.8, 4) is 0 Å². The van der Waals surface area contributed by atoms with Gasteiger partial charge in [-0.05, 0) is 17.9 Å². The van der Waals surface area contributed by atoms with Crippen molar-refractivity contribution in [3.05, 3.63) is 35.4 Å². The van der Waals surface area contributed by atoms with Crippen LogP contribution in [0, 0.1) is 0 Å². The maximum absolute atomic E-state index is 13.0. The fraction of sp³-hybridized carbons (Fsp3) is 0.500. The van der Waals surface area contributed by atoms with Crippen molar-refractivity contribution in [1.29, 1.82) is 0 Å². The lowest BCUT2D eigenvalue weighted by Gasteiger charge is -2.15. The van der Waals surface area contributed by atoms with Crippen LogP contribution in [-0.2, 0) is 5.92 Å². The lowest BCUT2D eigenvalue weighted by atomic mass is 9.96. The lowest BCUT2D eigenvalue weighted by Crippen LogP contribution is -2.18. The second kappa shape index (κ2) is 4.71. The Morgan fingerprint density at radius 1 is 1.27 bits per heavy atom. The molecule has 3 heteroatoms. The Morgan fingerprint density at radius 3 is 2.20 bits per heavy atom. The van der Waals surface area contributed by atoms with E-state index < -0.39 is 12.5 Å². The topological polar surface area (TPSA) is 20.2 Å². The minimum atomic E-state index is -3.13. The standard InChI is InChI=1S/C12H16F2O/c1-3-9(2)10-4-6-11(7-5-10)12(13,14)8-15/h4-7,9,15H,3,8H2,1-2H3. The summed E-state index contributed by atoms with van der Waals surface area (Å²) in [5.41, 5.74) is 0.923. The zero-order chi connectivity index (χ0) is 11.5. The lowest BCUT2D eigenvalue weighted by molar-refractivity contribution is -0.0556. The molecule has 0 heterocycles. The molecule has 1 aromatic rings. The van der Waals surface area contributed by atoms with Crippen LogP contribution in [0.5, 0.6) is 0 Å². The summed E-state index contributed by atoms with van der Waals surface area (Å²) in [6.07, 6.45) is 0.982. The smallest absolute Gasteiger partial charge is 0.295 e. The van der Waals surface area contributed by atoms with Gasteiger partial charge in [-0.2, -0.15) is 8.78 Å². The van der Waals surface area contributed by atoms with Gasteiger partial charge in [0.05, 0.1) is 0 Å². The molecular formula is C12H16F2O. The Morgan fingerprint density at radius 2 is 1.80 bits per heavy atom. The number of alkyl halides is 2. The molecule has 0 saturated carbocycles. The number of aliphatic hydroxyl groups is 1. The van der Waals surface area contributed by atoms with Crippen molar-refractivity contribution in [2.75, 3.05) is 6.61 Å². The maximum Gasteiger partial charge on any atom is 0.295 e. The minimum Gasteiger partial charge on any atom is -0.390 e. The predicted molar refractivity (Wildman–Crippen MR) is 56.1 cm³/mol. The second-order valence-corrected chi connectivity index (χ2v) is 3.79. The molecule has 0 aliphatic carbocycles. The highest BCUT2D eigenvalue weighted by Crippen LogP contribution is 2.28. The summed E-state index contributed by atoms with van der Waals surface area (Å²) >= 11 is 0. The summed E-state index contributed by atoms with van der Waals surface area (Å²) in [6, 6.07) is 6.18. The van der Waals surface area contributed by atoms with Crippen molar-refractivity contribution in [3.63, 3.8) is 0 Å². The summed E-state index contributed by atoms with van der Waals surface area (Å²) in [5.74, 6) is -2.75. The van der Waals surface area contributed by atoms with Gasteiger partial charge in [-0.3, -0.25) is 0 Å². The minimum absolute atomic E-state index is 0.128. The number of benzene rings is 1. The molecule has 0 saturated heterocycles. The largest absolute Gasteiger partial charge is 0.390 e. The molecule has 0 radical (unpaired) electrons. The zero-order valence-corrected chi connectivity index (χ0v) is 9.00. The monoisotopic (exact) mass is 214 g/mol. The maximum atomic E-state index is 13.0. The summed E-state index contributed by atoms with van der Waals surface area (Å²) in [4.78, 5) is 0. The molecule has 1 nitrogen and oxygen atoms in total. The van der Waals surface area contributed by atoms with Crippen LogP contribution in [0.1, 0.15) is 37.3 Å². The van der Waals surface area contributed by atoms with Crippen LogP contribution in [0.3, 0.4) is 0 Å². The molecule has 0 aliphatic heterocycles. The number of rotatable bonds is 4. The van der Waals surface area contributed by atoms with Crippen molar-refractivity contribution in [1.82, 2.24) is 0 Å². The van der Waals surface area contributed by atoms with Crippen LogP contribution in [0.15, 0.2) is 24.3 Å². The van der Waals surface area contributed by atoms with Gasteiger partial charge in [0.15, 0.2) is 0 Å². The molecule has 0 aliphatic rings. The van der Waals surface area contributed by atoms with Crippen LogP contribution < -0.4 is 0 Å². The van der Waals surface area contributed by atoms with Crippen molar-refractivity contribution in [2.45, 2.75) is 32.1 Å². The SMILES string of the molecule is CCC(C)c1ccc(C(F)(F)CO)cc1. The summed E-state index contributed by atoms with van der Waals surface area (Å²) in [6.45, 7) is 2.97. The molecule has 84 valence electrons. The number of hydrogen-bond acceptors (Lipinski definition) is 1. The van der Waals surface area contributed by atoms with E-state index in [1.807, 2.05) is 0 Å². The van der Waals surface area contributed by atoms with Crippen molar-refractivity contribution < 1.29 is 13.9 Å². The third-order valence-electron chi connectivity index (χ3n) is 2.71. The van der Waals surface area contributed by atoms with Gasteiger partial charge >= 0.3 is 0 Å². The van der Waals surface area contributed by atoms with Gasteiger partial charge in [0.1, 0.15) is 6.61 Å². The van der Waals surface area contributed by atoms with Crippen LogP contribution in [0.2, 0.25) is 0 Å². The molecule has 1 aromatic carbocycles. The summed E-state index contributed by atoms with van der Waals surface area (Å²) in [5, 5.41) is 8.52. The normalized spacial score (nSPS) is 13.9. The highest BCUT2D eigenvalue weighted by Gasteiger charge is 2.30. The molecule has 1 N–H and O–H groups in total. The Hall–Kier alpha value is -0.960. The number of hydrogen-bond donors (Lipinski definition) is 1. The van der Waals surface area contributed by atoms with E-state index in [2.05, 4.69) is 13.8 Å². The molecule has 1 atom stereocenters. The van der Waals surface area contributed by atoms with Gasteiger partial charge < -0.3 is 5.11 Å². The van der Waals surface area contributed by atoms with Gasteiger partial charge in [0.2, 0.25) is 0 Å². The summed E-state index contributed by atoms with van der Waals surface area (Å²) in [7, 11) is 0. The fourth-order valence-corrected chi connectivity index (χ4v) is 1.38. The Kier molecular flexibility index (Phi) is 3.80. The molecule has 15 heavy (non-hydrogen) atoms. The molecule has 0 bridgehead atoms. The van der Waals surface area contributed by atoms with Gasteiger partial charge in [-0.15, -0.1) is 0 Å². The summed E-state index contributed by atoms with van der Waals surface area (Å²) < 4.78 is 26.1. The van der Waals surface area contributed by atoms with E-state index in [-0.39, 0.29) is 5.56 Å². The average Bonchev–Trinajstić information content (AvgIpc) is 2.28. The molecule has 0 spiro atoms. The zero-order valence-electron chi connectivity index (χ0n) is 9.00. The van der Waals surface area contributed by atoms with Gasteiger partial charge in [0, 0.05) is 5.56 Å². The van der Waals surface area contributed by atoms with E-state index in [0.717, 1.165) is 12.0 Å². The molecule has 0 fully saturated rings. The third kappa shape index (κ3) is 2.75. The Labute approximate surface area is 88.7 Å². The Balaban J connectivity index is 2.90. The van der Waals surface area contributed by atoms with E-state index in [4.69, 9.17) is 5.11 Å². The van der Waals surface area contributed by atoms with Gasteiger partial charge in [-0.1, -0.05) is 38.1 Å². The molecule has 1 rings (SSSR count). The second-order valence-electron chi connectivity index (χ2n) is 3.79. The number of aliphatic hydroxyl groups excluding tert-OH is 1. The van der Waals surface area contributed by atoms with E-state index in [0.29, 0.717) is 5.92 Å².